The largest absolute Gasteiger partial charge is 0.497 e. The highest BCUT2D eigenvalue weighted by molar-refractivity contribution is 6.06. The third-order valence-electron chi connectivity index (χ3n) is 4.24. The SMILES string of the molecule is COc1ccc2c(c1)C(C)(Cc1ccc(C(F)(F)F)nc1)C(=O)N2. The van der Waals surface area contributed by atoms with Crippen LogP contribution >= 0.6 is 0 Å². The number of alkyl halides is 3. The summed E-state index contributed by atoms with van der Waals surface area (Å²) in [6.45, 7) is 1.76. The van der Waals surface area contributed by atoms with Gasteiger partial charge < -0.3 is 10.1 Å². The number of anilines is 1. The van der Waals surface area contributed by atoms with Gasteiger partial charge in [0.25, 0.3) is 0 Å². The molecule has 0 saturated carbocycles. The predicted octanol–water partition coefficient (Wildman–Crippen LogP) is 3.56. The van der Waals surface area contributed by atoms with Crippen molar-refractivity contribution >= 4 is 11.6 Å². The molecule has 126 valence electrons. The first-order valence-electron chi connectivity index (χ1n) is 7.26. The summed E-state index contributed by atoms with van der Waals surface area (Å²) in [6, 6.07) is 7.54. The van der Waals surface area contributed by atoms with Gasteiger partial charge in [0.05, 0.1) is 12.5 Å². The molecule has 1 N–H and O–H groups in total. The highest BCUT2D eigenvalue weighted by atomic mass is 19.4. The van der Waals surface area contributed by atoms with E-state index in [1.807, 2.05) is 0 Å². The number of hydrogen-bond donors (Lipinski definition) is 1. The summed E-state index contributed by atoms with van der Waals surface area (Å²) in [7, 11) is 1.53. The molecule has 1 aliphatic heterocycles. The average Bonchev–Trinajstić information content (AvgIpc) is 2.77. The molecule has 1 aliphatic rings. The van der Waals surface area contributed by atoms with Crippen LogP contribution in [-0.2, 0) is 22.8 Å². The molecule has 24 heavy (non-hydrogen) atoms. The van der Waals surface area contributed by atoms with Crippen molar-refractivity contribution in [1.82, 2.24) is 4.98 Å². The van der Waals surface area contributed by atoms with Gasteiger partial charge in [0.15, 0.2) is 0 Å². The second-order valence-electron chi connectivity index (χ2n) is 5.92. The Morgan fingerprint density at radius 2 is 2.00 bits per heavy atom. The van der Waals surface area contributed by atoms with Crippen LogP contribution in [-0.4, -0.2) is 18.0 Å². The van der Waals surface area contributed by atoms with E-state index in [1.54, 1.807) is 25.1 Å². The molecule has 1 unspecified atom stereocenters. The minimum atomic E-state index is -4.48. The molecule has 0 radical (unpaired) electrons. The van der Waals surface area contributed by atoms with Gasteiger partial charge in [0.1, 0.15) is 11.4 Å². The highest BCUT2D eigenvalue weighted by Crippen LogP contribution is 2.41. The second kappa shape index (κ2) is 5.51. The van der Waals surface area contributed by atoms with E-state index in [2.05, 4.69) is 10.3 Å². The third kappa shape index (κ3) is 2.70. The number of fused-ring (bicyclic) bond motifs is 1. The Balaban J connectivity index is 1.94. The van der Waals surface area contributed by atoms with Crippen LogP contribution in [0.5, 0.6) is 5.75 Å². The predicted molar refractivity (Wildman–Crippen MR) is 81.9 cm³/mol. The first kappa shape index (κ1) is 16.3. The quantitative estimate of drug-likeness (QED) is 0.932. The molecule has 0 spiro atoms. The summed E-state index contributed by atoms with van der Waals surface area (Å²) in [6.07, 6.45) is -3.07. The molecule has 3 rings (SSSR count). The van der Waals surface area contributed by atoms with Crippen LogP contribution in [0.3, 0.4) is 0 Å². The summed E-state index contributed by atoms with van der Waals surface area (Å²) >= 11 is 0. The molecule has 4 nitrogen and oxygen atoms in total. The van der Waals surface area contributed by atoms with E-state index in [9.17, 15) is 18.0 Å². The summed E-state index contributed by atoms with van der Waals surface area (Å²) in [5, 5.41) is 2.80. The van der Waals surface area contributed by atoms with Gasteiger partial charge in [-0.05, 0) is 48.7 Å². The van der Waals surface area contributed by atoms with Crippen LogP contribution < -0.4 is 10.1 Å². The maximum absolute atomic E-state index is 12.6. The van der Waals surface area contributed by atoms with E-state index in [0.717, 1.165) is 11.6 Å². The van der Waals surface area contributed by atoms with Crippen LogP contribution in [0.2, 0.25) is 0 Å². The van der Waals surface area contributed by atoms with Crippen molar-refractivity contribution in [2.75, 3.05) is 12.4 Å². The second-order valence-corrected chi connectivity index (χ2v) is 5.92. The van der Waals surface area contributed by atoms with Crippen molar-refractivity contribution in [3.63, 3.8) is 0 Å². The number of nitrogens with zero attached hydrogens (tertiary/aromatic N) is 1. The zero-order valence-electron chi connectivity index (χ0n) is 13.1. The number of carbonyl (C=O) groups is 1. The van der Waals surface area contributed by atoms with Gasteiger partial charge in [-0.1, -0.05) is 6.07 Å². The summed E-state index contributed by atoms with van der Waals surface area (Å²) in [5.41, 5.74) is 0.145. The standard InChI is InChI=1S/C17H15F3N2O2/c1-16(8-10-3-6-14(21-9-10)17(18,19)20)12-7-11(24-2)4-5-13(12)22-15(16)23/h3-7,9H,8H2,1-2H3,(H,22,23). The van der Waals surface area contributed by atoms with E-state index in [0.29, 0.717) is 17.0 Å². The summed E-state index contributed by atoms with van der Waals surface area (Å²) < 4.78 is 43.0. The lowest BCUT2D eigenvalue weighted by molar-refractivity contribution is -0.141. The molecular weight excluding hydrogens is 321 g/mol. The van der Waals surface area contributed by atoms with Gasteiger partial charge >= 0.3 is 6.18 Å². The van der Waals surface area contributed by atoms with Crippen molar-refractivity contribution < 1.29 is 22.7 Å². The molecule has 1 aromatic carbocycles. The summed E-state index contributed by atoms with van der Waals surface area (Å²) in [4.78, 5) is 15.9. The number of methoxy groups -OCH3 is 1. The van der Waals surface area contributed by atoms with E-state index in [-0.39, 0.29) is 12.3 Å². The Labute approximate surface area is 136 Å². The molecule has 7 heteroatoms. The summed E-state index contributed by atoms with van der Waals surface area (Å²) in [5.74, 6) is 0.410. The normalized spacial score (nSPS) is 19.8. The van der Waals surface area contributed by atoms with Crippen LogP contribution in [0, 0.1) is 0 Å². The number of carbonyl (C=O) groups excluding carboxylic acids is 1. The average molecular weight is 336 g/mol. The molecule has 0 saturated heterocycles. The van der Waals surface area contributed by atoms with Gasteiger partial charge in [-0.2, -0.15) is 13.2 Å². The van der Waals surface area contributed by atoms with Crippen molar-refractivity contribution in [3.8, 4) is 5.75 Å². The Kier molecular flexibility index (Phi) is 3.74. The van der Waals surface area contributed by atoms with Gasteiger partial charge in [0.2, 0.25) is 5.91 Å². The Morgan fingerprint density at radius 1 is 1.25 bits per heavy atom. The number of ether oxygens (including phenoxy) is 1. The van der Waals surface area contributed by atoms with E-state index >= 15 is 0 Å². The molecule has 1 amide bonds. The van der Waals surface area contributed by atoms with Crippen molar-refractivity contribution in [2.45, 2.75) is 24.9 Å². The fraction of sp³-hybridized carbons (Fsp3) is 0.294. The highest BCUT2D eigenvalue weighted by Gasteiger charge is 2.43. The van der Waals surface area contributed by atoms with Crippen molar-refractivity contribution in [1.29, 1.82) is 0 Å². The van der Waals surface area contributed by atoms with Gasteiger partial charge in [-0.15, -0.1) is 0 Å². The number of nitrogens with one attached hydrogen (secondary N) is 1. The fourth-order valence-corrected chi connectivity index (χ4v) is 2.88. The third-order valence-corrected chi connectivity index (χ3v) is 4.24. The number of hydrogen-bond acceptors (Lipinski definition) is 3. The zero-order chi connectivity index (χ0) is 17.5. The molecule has 1 aromatic heterocycles. The van der Waals surface area contributed by atoms with Crippen LogP contribution in [0.25, 0.3) is 0 Å². The number of rotatable bonds is 3. The van der Waals surface area contributed by atoms with Crippen LogP contribution in [0.15, 0.2) is 36.5 Å². The molecule has 0 bridgehead atoms. The Bertz CT molecular complexity index is 787. The number of aromatic nitrogens is 1. The lowest BCUT2D eigenvalue weighted by Gasteiger charge is -2.22. The van der Waals surface area contributed by atoms with Gasteiger partial charge in [-0.25, -0.2) is 0 Å². The number of pyridine rings is 1. The first-order valence-corrected chi connectivity index (χ1v) is 7.26. The van der Waals surface area contributed by atoms with E-state index in [4.69, 9.17) is 4.74 Å². The maximum atomic E-state index is 12.6. The van der Waals surface area contributed by atoms with E-state index < -0.39 is 17.3 Å². The molecule has 1 atom stereocenters. The van der Waals surface area contributed by atoms with E-state index in [1.165, 1.54) is 19.4 Å². The molecule has 2 aromatic rings. The monoisotopic (exact) mass is 336 g/mol. The Hall–Kier alpha value is -2.57. The molecular formula is C17H15F3N2O2. The van der Waals surface area contributed by atoms with Gasteiger partial charge in [0, 0.05) is 11.9 Å². The first-order chi connectivity index (χ1) is 11.2. The van der Waals surface area contributed by atoms with Gasteiger partial charge in [-0.3, -0.25) is 9.78 Å². The topological polar surface area (TPSA) is 51.2 Å². The molecule has 0 aliphatic carbocycles. The minimum Gasteiger partial charge on any atom is -0.497 e. The Morgan fingerprint density at radius 3 is 2.58 bits per heavy atom. The van der Waals surface area contributed by atoms with Crippen molar-refractivity contribution in [3.05, 3.63) is 53.3 Å². The lowest BCUT2D eigenvalue weighted by atomic mass is 9.78. The number of amides is 1. The smallest absolute Gasteiger partial charge is 0.433 e. The fourth-order valence-electron chi connectivity index (χ4n) is 2.88. The molecule has 0 fully saturated rings. The minimum absolute atomic E-state index is 0.203. The molecule has 2 heterocycles. The number of halogens is 3. The van der Waals surface area contributed by atoms with Crippen molar-refractivity contribution in [2.24, 2.45) is 0 Å². The lowest BCUT2D eigenvalue weighted by Crippen LogP contribution is -2.33. The van der Waals surface area contributed by atoms with Crippen LogP contribution in [0.4, 0.5) is 18.9 Å². The zero-order valence-corrected chi connectivity index (χ0v) is 13.1. The maximum Gasteiger partial charge on any atom is 0.433 e. The van der Waals surface area contributed by atoms with Crippen LogP contribution in [0.1, 0.15) is 23.7 Å². The number of benzene rings is 1.